The summed E-state index contributed by atoms with van der Waals surface area (Å²) in [6.45, 7) is 4.62. The van der Waals surface area contributed by atoms with Crippen LogP contribution in [0.5, 0.6) is 0 Å². The number of benzene rings is 7. The molecule has 1 atom stereocenters. The normalized spacial score (nSPS) is 14.7. The van der Waals surface area contributed by atoms with Crippen molar-refractivity contribution in [2.75, 3.05) is 0 Å². The van der Waals surface area contributed by atoms with Crippen LogP contribution in [0.1, 0.15) is 92.8 Å². The largest absolute Gasteiger partial charge is 0.0751 e. The lowest BCUT2D eigenvalue weighted by Crippen LogP contribution is -2.40. The molecule has 0 spiro atoms. The van der Waals surface area contributed by atoms with Gasteiger partial charge in [0.15, 0.2) is 0 Å². The van der Waals surface area contributed by atoms with Crippen LogP contribution in [0.2, 0.25) is 0 Å². The highest BCUT2D eigenvalue weighted by atomic mass is 14.5. The van der Waals surface area contributed by atoms with Gasteiger partial charge in [-0.3, -0.25) is 0 Å². The summed E-state index contributed by atoms with van der Waals surface area (Å²) in [7, 11) is 0. The van der Waals surface area contributed by atoms with Gasteiger partial charge in [0, 0.05) is 17.3 Å². The third kappa shape index (κ3) is 5.55. The highest BCUT2D eigenvalue weighted by Crippen LogP contribution is 2.63. The average molecular weight is 669 g/mol. The fourth-order valence-corrected chi connectivity index (χ4v) is 9.27. The second-order valence-electron chi connectivity index (χ2n) is 15.1. The van der Waals surface area contributed by atoms with Gasteiger partial charge in [-0.2, -0.15) is 0 Å². The van der Waals surface area contributed by atoms with E-state index in [0.717, 1.165) is 12.8 Å². The smallest absolute Gasteiger partial charge is 0.0415 e. The highest BCUT2D eigenvalue weighted by Gasteiger charge is 2.53. The molecule has 0 aromatic heterocycles. The first-order chi connectivity index (χ1) is 25.6. The van der Waals surface area contributed by atoms with Crippen molar-refractivity contribution in [1.82, 2.24) is 0 Å². The van der Waals surface area contributed by atoms with E-state index in [1.807, 2.05) is 0 Å². The van der Waals surface area contributed by atoms with E-state index in [1.165, 1.54) is 72.3 Å². The van der Waals surface area contributed by atoms with Crippen molar-refractivity contribution in [2.45, 2.75) is 49.9 Å². The van der Waals surface area contributed by atoms with Crippen molar-refractivity contribution in [3.63, 3.8) is 0 Å². The first-order valence-electron chi connectivity index (χ1n) is 18.9. The minimum atomic E-state index is -0.434. The Balaban J connectivity index is 1.34. The van der Waals surface area contributed by atoms with Gasteiger partial charge in [0.2, 0.25) is 0 Å². The number of fused-ring (bicyclic) bond motifs is 4. The molecule has 0 amide bonds. The standard InChI is InChI=1S/C52H44/c1-36(2)42-26-25-41-27-30-50(47(41)35-42)52(43-19-11-5-12-20-43,44-21-13-6-14-22-44)51-48-33-39(31-37-15-7-3-8-16-37)23-28-45(48)46-29-24-40(34-49(46)51)32-38-17-9-4-10-18-38/h3-30,33-36,50-51H,31-32H2,1-2H3. The average Bonchev–Trinajstić information content (AvgIpc) is 3.76. The van der Waals surface area contributed by atoms with Crippen LogP contribution in [-0.4, -0.2) is 0 Å². The molecule has 0 saturated heterocycles. The fourth-order valence-electron chi connectivity index (χ4n) is 9.27. The molecule has 52 heavy (non-hydrogen) atoms. The number of hydrogen-bond acceptors (Lipinski definition) is 0. The Labute approximate surface area is 309 Å². The molecule has 0 nitrogen and oxygen atoms in total. The summed E-state index contributed by atoms with van der Waals surface area (Å²) < 4.78 is 0. The van der Waals surface area contributed by atoms with Gasteiger partial charge < -0.3 is 0 Å². The third-order valence-electron chi connectivity index (χ3n) is 11.7. The van der Waals surface area contributed by atoms with Gasteiger partial charge in [-0.15, -0.1) is 0 Å². The van der Waals surface area contributed by atoms with E-state index in [-0.39, 0.29) is 11.8 Å². The van der Waals surface area contributed by atoms with Gasteiger partial charge in [0.05, 0.1) is 0 Å². The zero-order chi connectivity index (χ0) is 35.1. The summed E-state index contributed by atoms with van der Waals surface area (Å²) in [4.78, 5) is 0. The maximum absolute atomic E-state index is 2.55. The van der Waals surface area contributed by atoms with Crippen molar-refractivity contribution in [3.8, 4) is 11.1 Å². The van der Waals surface area contributed by atoms with Crippen molar-refractivity contribution in [3.05, 3.63) is 243 Å². The Morgan fingerprint density at radius 1 is 0.462 bits per heavy atom. The summed E-state index contributed by atoms with van der Waals surface area (Å²) in [5, 5.41) is 0. The Morgan fingerprint density at radius 2 is 0.942 bits per heavy atom. The molecule has 1 unspecified atom stereocenters. The quantitative estimate of drug-likeness (QED) is 0.144. The van der Waals surface area contributed by atoms with Crippen molar-refractivity contribution in [1.29, 1.82) is 0 Å². The van der Waals surface area contributed by atoms with Gasteiger partial charge in [0.25, 0.3) is 0 Å². The number of allylic oxidation sites excluding steroid dienone is 1. The molecular formula is C52H44. The van der Waals surface area contributed by atoms with Crippen LogP contribution in [0.25, 0.3) is 17.2 Å². The van der Waals surface area contributed by atoms with Gasteiger partial charge in [-0.05, 0) is 91.1 Å². The third-order valence-corrected chi connectivity index (χ3v) is 11.7. The molecule has 0 heteroatoms. The molecule has 252 valence electrons. The Bertz CT molecular complexity index is 2230. The summed E-state index contributed by atoms with van der Waals surface area (Å²) in [6.07, 6.45) is 6.72. The molecule has 0 aliphatic heterocycles. The minimum absolute atomic E-state index is 0.0667. The van der Waals surface area contributed by atoms with E-state index < -0.39 is 5.41 Å². The molecule has 0 saturated carbocycles. The molecule has 0 radical (unpaired) electrons. The molecule has 7 aromatic carbocycles. The van der Waals surface area contributed by atoms with Crippen LogP contribution >= 0.6 is 0 Å². The van der Waals surface area contributed by atoms with Crippen LogP contribution in [0, 0.1) is 0 Å². The van der Waals surface area contributed by atoms with Crippen LogP contribution in [0.15, 0.2) is 182 Å². The fraction of sp³-hybridized carbons (Fsp3) is 0.154. The summed E-state index contributed by atoms with van der Waals surface area (Å²) in [5.74, 6) is 0.630. The van der Waals surface area contributed by atoms with Gasteiger partial charge in [0.1, 0.15) is 0 Å². The molecule has 9 rings (SSSR count). The monoisotopic (exact) mass is 668 g/mol. The zero-order valence-electron chi connectivity index (χ0n) is 30.0. The summed E-state index contributed by atoms with van der Waals surface area (Å²) >= 11 is 0. The maximum atomic E-state index is 2.55. The van der Waals surface area contributed by atoms with Crippen LogP contribution in [0.3, 0.4) is 0 Å². The summed E-state index contributed by atoms with van der Waals surface area (Å²) in [6, 6.07) is 66.6. The van der Waals surface area contributed by atoms with E-state index in [1.54, 1.807) is 0 Å². The van der Waals surface area contributed by atoms with Crippen LogP contribution in [-0.2, 0) is 18.3 Å². The number of hydrogen-bond donors (Lipinski definition) is 0. The molecule has 0 heterocycles. The van der Waals surface area contributed by atoms with Crippen LogP contribution < -0.4 is 0 Å². The minimum Gasteiger partial charge on any atom is -0.0751 e. The molecule has 2 aliphatic carbocycles. The Morgan fingerprint density at radius 3 is 1.42 bits per heavy atom. The molecule has 7 aromatic rings. The van der Waals surface area contributed by atoms with E-state index in [0.29, 0.717) is 5.92 Å². The van der Waals surface area contributed by atoms with Gasteiger partial charge >= 0.3 is 0 Å². The second kappa shape index (κ2) is 13.4. The van der Waals surface area contributed by atoms with E-state index >= 15 is 0 Å². The zero-order valence-corrected chi connectivity index (χ0v) is 30.0. The predicted octanol–water partition coefficient (Wildman–Crippen LogP) is 12.9. The van der Waals surface area contributed by atoms with E-state index in [9.17, 15) is 0 Å². The predicted molar refractivity (Wildman–Crippen MR) is 218 cm³/mol. The topological polar surface area (TPSA) is 0 Å². The lowest BCUT2D eigenvalue weighted by Gasteiger charge is -2.46. The molecule has 0 N–H and O–H groups in total. The maximum Gasteiger partial charge on any atom is 0.0415 e. The van der Waals surface area contributed by atoms with E-state index in [4.69, 9.17) is 0 Å². The van der Waals surface area contributed by atoms with Gasteiger partial charge in [-0.25, -0.2) is 0 Å². The second-order valence-corrected chi connectivity index (χ2v) is 15.1. The SMILES string of the molecule is CC(C)c1ccc2c(c1)C(C(c1ccccc1)(c1ccccc1)C1c3cc(Cc4ccccc4)ccc3-c3ccc(Cc4ccccc4)cc31)C=C2. The molecular weight excluding hydrogens is 625 g/mol. The molecule has 0 bridgehead atoms. The van der Waals surface area contributed by atoms with Crippen molar-refractivity contribution < 1.29 is 0 Å². The van der Waals surface area contributed by atoms with Gasteiger partial charge in [-0.1, -0.05) is 202 Å². The molecule has 0 fully saturated rings. The first-order valence-corrected chi connectivity index (χ1v) is 18.9. The molecule has 2 aliphatic rings. The first kappa shape index (κ1) is 32.2. The van der Waals surface area contributed by atoms with Crippen molar-refractivity contribution in [2.24, 2.45) is 0 Å². The highest BCUT2D eigenvalue weighted by molar-refractivity contribution is 5.82. The summed E-state index contributed by atoms with van der Waals surface area (Å²) in [5.41, 5.74) is 17.4. The lowest BCUT2D eigenvalue weighted by atomic mass is 9.55. The Hall–Kier alpha value is -5.72. The Kier molecular flexibility index (Phi) is 8.32. The van der Waals surface area contributed by atoms with Crippen molar-refractivity contribution >= 4 is 6.08 Å². The van der Waals surface area contributed by atoms with Crippen LogP contribution in [0.4, 0.5) is 0 Å². The lowest BCUT2D eigenvalue weighted by molar-refractivity contribution is 0.416. The van der Waals surface area contributed by atoms with E-state index in [2.05, 4.69) is 202 Å². The number of rotatable bonds is 9.